The van der Waals surface area contributed by atoms with E-state index in [9.17, 15) is 9.90 Å². The third-order valence-corrected chi connectivity index (χ3v) is 2.50. The van der Waals surface area contributed by atoms with Crippen molar-refractivity contribution in [3.05, 3.63) is 65.5 Å². The number of rotatable bonds is 3. The standard InChI is InChI=1S/C15H10N2O2/c16-10-12-5-3-4-11(8-12)9-13(15(18)19)14-6-1-2-7-17-14/h1-9H,(H,18,19)/b13-9-. The summed E-state index contributed by atoms with van der Waals surface area (Å²) in [7, 11) is 0. The van der Waals surface area contributed by atoms with E-state index in [0.29, 0.717) is 16.8 Å². The molecule has 0 fully saturated rings. The minimum Gasteiger partial charge on any atom is -0.478 e. The Morgan fingerprint density at radius 1 is 1.26 bits per heavy atom. The first-order chi connectivity index (χ1) is 9.20. The number of nitriles is 1. The minimum absolute atomic E-state index is 0.0932. The number of pyridine rings is 1. The van der Waals surface area contributed by atoms with Crippen LogP contribution in [0.1, 0.15) is 16.8 Å². The molecule has 1 aromatic carbocycles. The third-order valence-electron chi connectivity index (χ3n) is 2.50. The van der Waals surface area contributed by atoms with Gasteiger partial charge >= 0.3 is 5.97 Å². The summed E-state index contributed by atoms with van der Waals surface area (Å²) in [5.41, 5.74) is 1.62. The number of carboxylic acids is 1. The molecule has 0 atom stereocenters. The second-order valence-electron chi connectivity index (χ2n) is 3.82. The Balaban J connectivity index is 2.48. The summed E-state index contributed by atoms with van der Waals surface area (Å²) in [6, 6.07) is 13.8. The van der Waals surface area contributed by atoms with Crippen molar-refractivity contribution >= 4 is 17.6 Å². The van der Waals surface area contributed by atoms with Gasteiger partial charge in [-0.2, -0.15) is 5.26 Å². The molecule has 0 unspecified atom stereocenters. The summed E-state index contributed by atoms with van der Waals surface area (Å²) in [4.78, 5) is 15.3. The molecule has 0 saturated heterocycles. The number of aromatic nitrogens is 1. The Bertz CT molecular complexity index is 670. The monoisotopic (exact) mass is 250 g/mol. The Kier molecular flexibility index (Phi) is 3.70. The van der Waals surface area contributed by atoms with Crippen molar-refractivity contribution in [3.63, 3.8) is 0 Å². The van der Waals surface area contributed by atoms with Gasteiger partial charge in [-0.05, 0) is 35.9 Å². The van der Waals surface area contributed by atoms with E-state index in [4.69, 9.17) is 5.26 Å². The Morgan fingerprint density at radius 2 is 2.11 bits per heavy atom. The number of hydrogen-bond acceptors (Lipinski definition) is 3. The van der Waals surface area contributed by atoms with Crippen LogP contribution in [0.5, 0.6) is 0 Å². The predicted octanol–water partition coefficient (Wildman–Crippen LogP) is 2.58. The lowest BCUT2D eigenvalue weighted by molar-refractivity contribution is -0.130. The molecule has 0 spiro atoms. The number of aliphatic carboxylic acids is 1. The SMILES string of the molecule is N#Cc1cccc(/C=C(\C(=O)O)c2ccccn2)c1. The molecule has 19 heavy (non-hydrogen) atoms. The molecule has 0 bridgehead atoms. The Hall–Kier alpha value is -2.93. The Morgan fingerprint density at radius 3 is 2.74 bits per heavy atom. The smallest absolute Gasteiger partial charge is 0.337 e. The Labute approximate surface area is 110 Å². The van der Waals surface area contributed by atoms with Crippen LogP contribution in [0.3, 0.4) is 0 Å². The molecule has 0 amide bonds. The average molecular weight is 250 g/mol. The van der Waals surface area contributed by atoms with Gasteiger partial charge in [-0.15, -0.1) is 0 Å². The zero-order valence-corrected chi connectivity index (χ0v) is 9.95. The highest BCUT2D eigenvalue weighted by molar-refractivity contribution is 6.20. The molecule has 2 aromatic rings. The number of carboxylic acid groups (broad SMARTS) is 1. The summed E-state index contributed by atoms with van der Waals surface area (Å²) < 4.78 is 0. The molecule has 92 valence electrons. The number of nitrogens with zero attached hydrogens (tertiary/aromatic N) is 2. The van der Waals surface area contributed by atoms with Crippen molar-refractivity contribution in [3.8, 4) is 6.07 Å². The van der Waals surface area contributed by atoms with Gasteiger partial charge in [0.05, 0.1) is 22.9 Å². The van der Waals surface area contributed by atoms with Crippen LogP contribution in [0.4, 0.5) is 0 Å². The van der Waals surface area contributed by atoms with Crippen molar-refractivity contribution in [2.24, 2.45) is 0 Å². The van der Waals surface area contributed by atoms with Gasteiger partial charge in [0, 0.05) is 6.20 Å². The molecule has 0 aliphatic heterocycles. The molecule has 0 aliphatic carbocycles. The molecule has 0 aliphatic rings. The molecule has 4 heteroatoms. The number of benzene rings is 1. The molecule has 4 nitrogen and oxygen atoms in total. The maximum atomic E-state index is 11.3. The van der Waals surface area contributed by atoms with E-state index in [2.05, 4.69) is 4.98 Å². The van der Waals surface area contributed by atoms with Crippen LogP contribution in [-0.2, 0) is 4.79 Å². The summed E-state index contributed by atoms with van der Waals surface area (Å²) >= 11 is 0. The third kappa shape index (κ3) is 3.05. The van der Waals surface area contributed by atoms with Crippen LogP contribution in [-0.4, -0.2) is 16.1 Å². The zero-order chi connectivity index (χ0) is 13.7. The molecule has 0 radical (unpaired) electrons. The van der Waals surface area contributed by atoms with Gasteiger partial charge in [0.25, 0.3) is 0 Å². The highest BCUT2D eigenvalue weighted by atomic mass is 16.4. The highest BCUT2D eigenvalue weighted by Gasteiger charge is 2.11. The van der Waals surface area contributed by atoms with Crippen LogP contribution in [0.25, 0.3) is 11.6 Å². The first-order valence-corrected chi connectivity index (χ1v) is 5.57. The van der Waals surface area contributed by atoms with E-state index in [0.717, 1.165) is 0 Å². The van der Waals surface area contributed by atoms with Crippen LogP contribution >= 0.6 is 0 Å². The predicted molar refractivity (Wildman–Crippen MR) is 70.9 cm³/mol. The van der Waals surface area contributed by atoms with Crippen molar-refractivity contribution in [2.45, 2.75) is 0 Å². The number of hydrogen-bond donors (Lipinski definition) is 1. The van der Waals surface area contributed by atoms with Crippen molar-refractivity contribution in [1.82, 2.24) is 4.98 Å². The molecule has 1 heterocycles. The van der Waals surface area contributed by atoms with Crippen LogP contribution < -0.4 is 0 Å². The minimum atomic E-state index is -1.05. The van der Waals surface area contributed by atoms with Gasteiger partial charge in [0.15, 0.2) is 0 Å². The van der Waals surface area contributed by atoms with E-state index in [1.807, 2.05) is 6.07 Å². The lowest BCUT2D eigenvalue weighted by Gasteiger charge is -2.02. The topological polar surface area (TPSA) is 74.0 Å². The summed E-state index contributed by atoms with van der Waals surface area (Å²) in [6.07, 6.45) is 3.04. The maximum absolute atomic E-state index is 11.3. The van der Waals surface area contributed by atoms with E-state index in [-0.39, 0.29) is 5.57 Å². The van der Waals surface area contributed by atoms with Crippen LogP contribution in [0.15, 0.2) is 48.7 Å². The van der Waals surface area contributed by atoms with Gasteiger partial charge in [-0.25, -0.2) is 4.79 Å². The fraction of sp³-hybridized carbons (Fsp3) is 0. The normalized spacial score (nSPS) is 10.8. The molecule has 1 N–H and O–H groups in total. The molecule has 2 rings (SSSR count). The van der Waals surface area contributed by atoms with Crippen molar-refractivity contribution in [1.29, 1.82) is 5.26 Å². The van der Waals surface area contributed by atoms with E-state index in [1.54, 1.807) is 42.5 Å². The maximum Gasteiger partial charge on any atom is 0.337 e. The fourth-order valence-electron chi connectivity index (χ4n) is 1.63. The largest absolute Gasteiger partial charge is 0.478 e. The van der Waals surface area contributed by atoms with Gasteiger partial charge < -0.3 is 5.11 Å². The lowest BCUT2D eigenvalue weighted by atomic mass is 10.1. The van der Waals surface area contributed by atoms with E-state index < -0.39 is 5.97 Å². The fourth-order valence-corrected chi connectivity index (χ4v) is 1.63. The quantitative estimate of drug-likeness (QED) is 0.849. The summed E-state index contributed by atoms with van der Waals surface area (Å²) in [6.45, 7) is 0. The average Bonchev–Trinajstić information content (AvgIpc) is 2.45. The molecule has 1 aromatic heterocycles. The van der Waals surface area contributed by atoms with Crippen LogP contribution in [0.2, 0.25) is 0 Å². The second kappa shape index (κ2) is 5.61. The lowest BCUT2D eigenvalue weighted by Crippen LogP contribution is -2.01. The summed E-state index contributed by atoms with van der Waals surface area (Å²) in [5, 5.41) is 18.1. The van der Waals surface area contributed by atoms with Gasteiger partial charge in [0.1, 0.15) is 0 Å². The van der Waals surface area contributed by atoms with Gasteiger partial charge in [-0.3, -0.25) is 4.98 Å². The highest BCUT2D eigenvalue weighted by Crippen LogP contribution is 2.17. The molecular weight excluding hydrogens is 240 g/mol. The summed E-state index contributed by atoms with van der Waals surface area (Å²) in [5.74, 6) is -1.05. The van der Waals surface area contributed by atoms with Gasteiger partial charge in [-0.1, -0.05) is 18.2 Å². The van der Waals surface area contributed by atoms with Crippen molar-refractivity contribution < 1.29 is 9.90 Å². The van der Waals surface area contributed by atoms with Crippen LogP contribution in [0, 0.1) is 11.3 Å². The molecular formula is C15H10N2O2. The zero-order valence-electron chi connectivity index (χ0n) is 9.95. The van der Waals surface area contributed by atoms with E-state index >= 15 is 0 Å². The second-order valence-corrected chi connectivity index (χ2v) is 3.82. The van der Waals surface area contributed by atoms with Crippen molar-refractivity contribution in [2.75, 3.05) is 0 Å². The first kappa shape index (κ1) is 12.5. The number of carbonyl (C=O) groups is 1. The van der Waals surface area contributed by atoms with Gasteiger partial charge in [0.2, 0.25) is 0 Å². The first-order valence-electron chi connectivity index (χ1n) is 5.57. The van der Waals surface area contributed by atoms with E-state index in [1.165, 1.54) is 12.3 Å². The molecule has 0 saturated carbocycles.